The van der Waals surface area contributed by atoms with Crippen molar-refractivity contribution in [2.24, 2.45) is 0 Å². The summed E-state index contributed by atoms with van der Waals surface area (Å²) >= 11 is 0. The minimum atomic E-state index is -0.562. The van der Waals surface area contributed by atoms with Crippen LogP contribution in [0.1, 0.15) is 25.5 Å². The number of hydrogen-bond donors (Lipinski definition) is 1. The first-order valence-corrected chi connectivity index (χ1v) is 5.45. The predicted molar refractivity (Wildman–Crippen MR) is 59.3 cm³/mol. The van der Waals surface area contributed by atoms with Crippen LogP contribution in [0.2, 0.25) is 0 Å². The Morgan fingerprint density at radius 2 is 2.06 bits per heavy atom. The summed E-state index contributed by atoms with van der Waals surface area (Å²) in [5.41, 5.74) is 0.441. The molecule has 0 aliphatic carbocycles. The van der Waals surface area contributed by atoms with Crippen molar-refractivity contribution in [2.75, 3.05) is 19.8 Å². The molecule has 1 rings (SSSR count). The number of benzene rings is 1. The maximum Gasteiger partial charge on any atom is 0.130 e. The van der Waals surface area contributed by atoms with E-state index in [0.29, 0.717) is 25.3 Å². The van der Waals surface area contributed by atoms with E-state index in [-0.39, 0.29) is 6.04 Å². The van der Waals surface area contributed by atoms with E-state index < -0.39 is 11.6 Å². The van der Waals surface area contributed by atoms with Crippen LogP contribution in [-0.4, -0.2) is 19.8 Å². The van der Waals surface area contributed by atoms with Crippen molar-refractivity contribution in [2.45, 2.75) is 19.9 Å². The Hall–Kier alpha value is -1.00. The van der Waals surface area contributed by atoms with Crippen LogP contribution in [0.3, 0.4) is 0 Å². The van der Waals surface area contributed by atoms with Crippen LogP contribution in [0.25, 0.3) is 0 Å². The molecule has 90 valence electrons. The zero-order valence-corrected chi connectivity index (χ0v) is 9.59. The third-order valence-corrected chi connectivity index (χ3v) is 2.28. The summed E-state index contributed by atoms with van der Waals surface area (Å²) in [5, 5.41) is 3.11. The Morgan fingerprint density at radius 3 is 2.62 bits per heavy atom. The lowest BCUT2D eigenvalue weighted by molar-refractivity contribution is 0.122. The van der Waals surface area contributed by atoms with Gasteiger partial charge in [-0.1, -0.05) is 13.0 Å². The number of hydrogen-bond acceptors (Lipinski definition) is 2. The smallest absolute Gasteiger partial charge is 0.130 e. The fourth-order valence-electron chi connectivity index (χ4n) is 1.52. The van der Waals surface area contributed by atoms with Crippen LogP contribution in [-0.2, 0) is 4.74 Å². The Bertz CT molecular complexity index is 331. The molecule has 1 aromatic carbocycles. The molecule has 1 atom stereocenters. The minimum absolute atomic E-state index is 0.231. The molecule has 0 saturated heterocycles. The van der Waals surface area contributed by atoms with Crippen molar-refractivity contribution in [3.8, 4) is 0 Å². The Morgan fingerprint density at radius 1 is 1.31 bits per heavy atom. The van der Waals surface area contributed by atoms with Crippen molar-refractivity contribution in [1.82, 2.24) is 5.32 Å². The summed E-state index contributed by atoms with van der Waals surface area (Å²) in [6, 6.07) is 3.38. The highest BCUT2D eigenvalue weighted by Crippen LogP contribution is 2.18. The molecule has 0 bridgehead atoms. The van der Waals surface area contributed by atoms with Crippen LogP contribution in [0, 0.1) is 11.6 Å². The predicted octanol–water partition coefficient (Wildman–Crippen LogP) is 2.65. The van der Waals surface area contributed by atoms with E-state index >= 15 is 0 Å². The van der Waals surface area contributed by atoms with Gasteiger partial charge in [-0.15, -0.1) is 0 Å². The topological polar surface area (TPSA) is 21.3 Å². The van der Waals surface area contributed by atoms with Gasteiger partial charge in [0.15, 0.2) is 0 Å². The number of likely N-dealkylation sites (N-methyl/N-ethyl adjacent to an activating group) is 1. The first-order chi connectivity index (χ1) is 7.69. The summed E-state index contributed by atoms with van der Waals surface area (Å²) in [7, 11) is 0. The monoisotopic (exact) mass is 229 g/mol. The number of halogens is 2. The van der Waals surface area contributed by atoms with Crippen LogP contribution < -0.4 is 5.32 Å². The molecular weight excluding hydrogens is 212 g/mol. The second kappa shape index (κ2) is 6.55. The third kappa shape index (κ3) is 3.54. The van der Waals surface area contributed by atoms with Crippen LogP contribution in [0.5, 0.6) is 0 Å². The molecule has 0 heterocycles. The van der Waals surface area contributed by atoms with E-state index in [2.05, 4.69) is 5.32 Å². The first kappa shape index (κ1) is 13.1. The molecule has 1 aromatic rings. The molecule has 0 radical (unpaired) electrons. The third-order valence-electron chi connectivity index (χ3n) is 2.28. The summed E-state index contributed by atoms with van der Waals surface area (Å²) in [5.74, 6) is -1.10. The molecule has 16 heavy (non-hydrogen) atoms. The summed E-state index contributed by atoms with van der Waals surface area (Å²) < 4.78 is 31.5. The molecule has 0 aliphatic rings. The fourth-order valence-corrected chi connectivity index (χ4v) is 1.52. The van der Waals surface area contributed by atoms with Crippen LogP contribution in [0.15, 0.2) is 18.2 Å². The lowest BCUT2D eigenvalue weighted by atomic mass is 10.1. The summed E-state index contributed by atoms with van der Waals surface area (Å²) in [6.45, 7) is 5.47. The lowest BCUT2D eigenvalue weighted by Gasteiger charge is -2.18. The quantitative estimate of drug-likeness (QED) is 0.809. The highest BCUT2D eigenvalue weighted by atomic mass is 19.1. The summed E-state index contributed by atoms with van der Waals surface area (Å²) in [4.78, 5) is 0. The SMILES string of the molecule is CCNC(COCC)c1ccc(F)cc1F. The Kier molecular flexibility index (Phi) is 5.35. The molecule has 4 heteroatoms. The molecule has 0 amide bonds. The first-order valence-electron chi connectivity index (χ1n) is 5.45. The van der Waals surface area contributed by atoms with Crippen molar-refractivity contribution >= 4 is 0 Å². The largest absolute Gasteiger partial charge is 0.380 e. The second-order valence-corrected chi connectivity index (χ2v) is 3.44. The molecular formula is C12H17F2NO. The van der Waals surface area contributed by atoms with Gasteiger partial charge < -0.3 is 10.1 Å². The van der Waals surface area contributed by atoms with Crippen LogP contribution >= 0.6 is 0 Å². The summed E-state index contributed by atoms with van der Waals surface area (Å²) in [6.07, 6.45) is 0. The fraction of sp³-hybridized carbons (Fsp3) is 0.500. The van der Waals surface area contributed by atoms with E-state index in [1.807, 2.05) is 13.8 Å². The van der Waals surface area contributed by atoms with E-state index in [0.717, 1.165) is 6.07 Å². The molecule has 0 aromatic heterocycles. The van der Waals surface area contributed by atoms with E-state index in [9.17, 15) is 8.78 Å². The highest BCUT2D eigenvalue weighted by Gasteiger charge is 2.15. The second-order valence-electron chi connectivity index (χ2n) is 3.44. The molecule has 0 spiro atoms. The highest BCUT2D eigenvalue weighted by molar-refractivity contribution is 5.22. The molecule has 1 unspecified atom stereocenters. The van der Waals surface area contributed by atoms with Crippen LogP contribution in [0.4, 0.5) is 8.78 Å². The van der Waals surface area contributed by atoms with Gasteiger partial charge in [0, 0.05) is 18.2 Å². The van der Waals surface area contributed by atoms with E-state index in [1.54, 1.807) is 0 Å². The normalized spacial score (nSPS) is 12.8. The molecule has 0 aliphatic heterocycles. The Balaban J connectivity index is 2.82. The van der Waals surface area contributed by atoms with Crippen molar-refractivity contribution < 1.29 is 13.5 Å². The number of nitrogens with one attached hydrogen (secondary N) is 1. The number of ether oxygens (including phenoxy) is 1. The van der Waals surface area contributed by atoms with Crippen molar-refractivity contribution in [1.29, 1.82) is 0 Å². The van der Waals surface area contributed by atoms with Crippen molar-refractivity contribution in [3.63, 3.8) is 0 Å². The van der Waals surface area contributed by atoms with Gasteiger partial charge in [-0.05, 0) is 19.5 Å². The molecule has 0 fully saturated rings. The standard InChI is InChI=1S/C12H17F2NO/c1-3-15-12(8-16-4-2)10-6-5-9(13)7-11(10)14/h5-7,12,15H,3-4,8H2,1-2H3. The lowest BCUT2D eigenvalue weighted by Crippen LogP contribution is -2.26. The number of rotatable bonds is 6. The van der Waals surface area contributed by atoms with Gasteiger partial charge in [0.1, 0.15) is 11.6 Å². The average molecular weight is 229 g/mol. The maximum atomic E-state index is 13.5. The van der Waals surface area contributed by atoms with Gasteiger partial charge in [-0.3, -0.25) is 0 Å². The average Bonchev–Trinajstić information content (AvgIpc) is 2.25. The zero-order chi connectivity index (χ0) is 12.0. The Labute approximate surface area is 94.6 Å². The molecule has 2 nitrogen and oxygen atoms in total. The van der Waals surface area contributed by atoms with Gasteiger partial charge in [0.25, 0.3) is 0 Å². The van der Waals surface area contributed by atoms with E-state index in [4.69, 9.17) is 4.74 Å². The maximum absolute atomic E-state index is 13.5. The van der Waals surface area contributed by atoms with Crippen molar-refractivity contribution in [3.05, 3.63) is 35.4 Å². The minimum Gasteiger partial charge on any atom is -0.380 e. The van der Waals surface area contributed by atoms with Gasteiger partial charge in [-0.25, -0.2) is 8.78 Å². The van der Waals surface area contributed by atoms with Gasteiger partial charge in [0.2, 0.25) is 0 Å². The molecule has 1 N–H and O–H groups in total. The molecule has 0 saturated carbocycles. The van der Waals surface area contributed by atoms with Gasteiger partial charge >= 0.3 is 0 Å². The van der Waals surface area contributed by atoms with Gasteiger partial charge in [-0.2, -0.15) is 0 Å². The van der Waals surface area contributed by atoms with Gasteiger partial charge in [0.05, 0.1) is 12.6 Å². The van der Waals surface area contributed by atoms with E-state index in [1.165, 1.54) is 12.1 Å². The zero-order valence-electron chi connectivity index (χ0n) is 9.59.